The number of hydrogen-bond acceptors (Lipinski definition) is 5. The van der Waals surface area contributed by atoms with Crippen molar-refractivity contribution in [2.45, 2.75) is 0 Å². The van der Waals surface area contributed by atoms with Gasteiger partial charge >= 0.3 is 5.69 Å². The lowest BCUT2D eigenvalue weighted by atomic mass is 10.2. The predicted molar refractivity (Wildman–Crippen MR) is 84.9 cm³/mol. The normalized spacial score (nSPS) is 10.5. The molecule has 3 rings (SSSR count). The van der Waals surface area contributed by atoms with E-state index in [1.165, 1.54) is 10.6 Å². The Hall–Kier alpha value is -3.62. The molecule has 2 heterocycles. The van der Waals surface area contributed by atoms with Crippen LogP contribution in [0.5, 0.6) is 5.75 Å². The van der Waals surface area contributed by atoms with E-state index in [1.54, 1.807) is 36.4 Å². The summed E-state index contributed by atoms with van der Waals surface area (Å²) in [6.07, 6.45) is 1.52. The van der Waals surface area contributed by atoms with E-state index in [9.17, 15) is 14.4 Å². The molecule has 2 aromatic heterocycles. The Kier molecular flexibility index (Phi) is 3.98. The van der Waals surface area contributed by atoms with Crippen molar-refractivity contribution in [1.29, 1.82) is 0 Å². The molecule has 0 atom stereocenters. The fourth-order valence-electron chi connectivity index (χ4n) is 2.10. The fraction of sp³-hybridized carbons (Fsp3) is 0.0667. The lowest BCUT2D eigenvalue weighted by molar-refractivity contribution is -0.119. The Morgan fingerprint density at radius 1 is 1.25 bits per heavy atom. The number of aromatic nitrogens is 3. The molecule has 122 valence electrons. The van der Waals surface area contributed by atoms with Crippen molar-refractivity contribution in [2.75, 3.05) is 11.9 Å². The first-order chi connectivity index (χ1) is 11.5. The van der Waals surface area contributed by atoms with Crippen molar-refractivity contribution in [3.05, 3.63) is 58.6 Å². The van der Waals surface area contributed by atoms with Gasteiger partial charge in [0, 0.05) is 11.9 Å². The monoisotopic (exact) mass is 327 g/mol. The van der Waals surface area contributed by atoms with Crippen molar-refractivity contribution in [3.63, 3.8) is 0 Å². The smallest absolute Gasteiger partial charge is 0.347 e. The molecule has 4 N–H and O–H groups in total. The minimum atomic E-state index is -0.574. The Morgan fingerprint density at radius 2 is 2.00 bits per heavy atom. The summed E-state index contributed by atoms with van der Waals surface area (Å²) < 4.78 is 6.38. The van der Waals surface area contributed by atoms with Gasteiger partial charge in [-0.05, 0) is 36.4 Å². The molecule has 9 heteroatoms. The zero-order chi connectivity index (χ0) is 17.1. The number of nitrogens with two attached hydrogens (primary N) is 1. The van der Waals surface area contributed by atoms with Gasteiger partial charge in [-0.1, -0.05) is 0 Å². The maximum atomic E-state index is 12.4. The number of H-pyrrole nitrogens is 1. The molecule has 0 saturated heterocycles. The van der Waals surface area contributed by atoms with Crippen LogP contribution >= 0.6 is 0 Å². The molecule has 0 radical (unpaired) electrons. The number of aromatic amines is 1. The van der Waals surface area contributed by atoms with Crippen molar-refractivity contribution in [2.24, 2.45) is 5.73 Å². The number of carbonyl (C=O) groups excluding carboxylic acids is 2. The summed E-state index contributed by atoms with van der Waals surface area (Å²) in [7, 11) is 0. The molecule has 0 fully saturated rings. The van der Waals surface area contributed by atoms with Crippen LogP contribution in [0, 0.1) is 0 Å². The molecule has 2 amide bonds. The van der Waals surface area contributed by atoms with E-state index >= 15 is 0 Å². The molecular formula is C15H13N5O4. The zero-order valence-corrected chi connectivity index (χ0v) is 12.4. The van der Waals surface area contributed by atoms with Crippen LogP contribution in [0.4, 0.5) is 5.69 Å². The Morgan fingerprint density at radius 3 is 2.71 bits per heavy atom. The van der Waals surface area contributed by atoms with E-state index < -0.39 is 17.5 Å². The number of benzene rings is 1. The molecule has 0 unspecified atom stereocenters. The average Bonchev–Trinajstić information content (AvgIpc) is 2.95. The number of anilines is 1. The largest absolute Gasteiger partial charge is 0.484 e. The minimum Gasteiger partial charge on any atom is -0.484 e. The number of nitrogens with zero attached hydrogens (tertiary/aromatic N) is 2. The summed E-state index contributed by atoms with van der Waals surface area (Å²) >= 11 is 0. The summed E-state index contributed by atoms with van der Waals surface area (Å²) in [5.74, 6) is -0.534. The highest BCUT2D eigenvalue weighted by molar-refractivity contribution is 6.08. The number of primary amides is 1. The van der Waals surface area contributed by atoms with Crippen LogP contribution in [0.3, 0.4) is 0 Å². The van der Waals surface area contributed by atoms with Gasteiger partial charge in [-0.15, -0.1) is 0 Å². The summed E-state index contributed by atoms with van der Waals surface area (Å²) in [5, 5.41) is 8.82. The van der Waals surface area contributed by atoms with E-state index in [0.717, 1.165) is 0 Å². The van der Waals surface area contributed by atoms with Crippen LogP contribution in [0.1, 0.15) is 10.4 Å². The van der Waals surface area contributed by atoms with Gasteiger partial charge in [-0.2, -0.15) is 5.10 Å². The predicted octanol–water partition coefficient (Wildman–Crippen LogP) is 0.139. The first-order valence-electron chi connectivity index (χ1n) is 6.93. The van der Waals surface area contributed by atoms with Crippen LogP contribution in [0.15, 0.2) is 47.4 Å². The van der Waals surface area contributed by atoms with E-state index in [1.807, 2.05) is 0 Å². The molecule has 0 aliphatic heterocycles. The third-order valence-corrected chi connectivity index (χ3v) is 3.18. The molecule has 0 bridgehead atoms. The van der Waals surface area contributed by atoms with Crippen LogP contribution < -0.4 is 21.5 Å². The minimum absolute atomic E-state index is 0.221. The molecular weight excluding hydrogens is 314 g/mol. The summed E-state index contributed by atoms with van der Waals surface area (Å²) in [5.41, 5.74) is 5.58. The van der Waals surface area contributed by atoms with E-state index in [4.69, 9.17) is 10.5 Å². The van der Waals surface area contributed by atoms with E-state index in [-0.39, 0.29) is 17.8 Å². The SMILES string of the molecule is NC(=O)COc1ccc(NC(=O)c2cccn3c(=O)[nH]nc23)cc1. The van der Waals surface area contributed by atoms with Gasteiger partial charge in [-0.3, -0.25) is 9.59 Å². The van der Waals surface area contributed by atoms with Crippen molar-refractivity contribution >= 4 is 23.1 Å². The molecule has 24 heavy (non-hydrogen) atoms. The first-order valence-corrected chi connectivity index (χ1v) is 6.93. The topological polar surface area (TPSA) is 132 Å². The molecule has 3 aromatic rings. The highest BCUT2D eigenvalue weighted by Gasteiger charge is 2.13. The van der Waals surface area contributed by atoms with Crippen LogP contribution in [0.2, 0.25) is 0 Å². The molecule has 0 saturated carbocycles. The second-order valence-corrected chi connectivity index (χ2v) is 4.88. The Bertz CT molecular complexity index is 958. The second kappa shape index (κ2) is 6.24. The second-order valence-electron chi connectivity index (χ2n) is 4.88. The lowest BCUT2D eigenvalue weighted by Crippen LogP contribution is -2.20. The van der Waals surface area contributed by atoms with Crippen LogP contribution in [-0.2, 0) is 4.79 Å². The van der Waals surface area contributed by atoms with Crippen LogP contribution in [-0.4, -0.2) is 33.0 Å². The summed E-state index contributed by atoms with van der Waals surface area (Å²) in [6, 6.07) is 9.57. The molecule has 1 aromatic carbocycles. The lowest BCUT2D eigenvalue weighted by Gasteiger charge is -2.07. The zero-order valence-electron chi connectivity index (χ0n) is 12.4. The third kappa shape index (κ3) is 3.09. The standard InChI is InChI=1S/C15H13N5O4/c16-12(21)8-24-10-5-3-9(4-6-10)17-14(22)11-2-1-7-20-13(11)18-19-15(20)23/h1-7H,8H2,(H2,16,21)(H,17,22)(H,19,23). The number of pyridine rings is 1. The number of amides is 2. The van der Waals surface area contributed by atoms with Gasteiger partial charge in [0.25, 0.3) is 11.8 Å². The molecule has 0 aliphatic carbocycles. The number of rotatable bonds is 5. The van der Waals surface area contributed by atoms with Gasteiger partial charge < -0.3 is 15.8 Å². The van der Waals surface area contributed by atoms with Gasteiger partial charge in [0.05, 0.1) is 5.56 Å². The highest BCUT2D eigenvalue weighted by Crippen LogP contribution is 2.17. The van der Waals surface area contributed by atoms with Gasteiger partial charge in [0.15, 0.2) is 12.3 Å². The summed E-state index contributed by atoms with van der Waals surface area (Å²) in [6.45, 7) is -0.221. The highest BCUT2D eigenvalue weighted by atomic mass is 16.5. The summed E-state index contributed by atoms with van der Waals surface area (Å²) in [4.78, 5) is 34.5. The third-order valence-electron chi connectivity index (χ3n) is 3.18. The van der Waals surface area contributed by atoms with Gasteiger partial charge in [0.1, 0.15) is 5.75 Å². The Labute approximate surface area is 135 Å². The molecule has 9 nitrogen and oxygen atoms in total. The number of carbonyl (C=O) groups is 2. The molecule has 0 aliphatic rings. The quantitative estimate of drug-likeness (QED) is 0.613. The Balaban J connectivity index is 1.76. The van der Waals surface area contributed by atoms with Crippen molar-refractivity contribution in [3.8, 4) is 5.75 Å². The molecule has 0 spiro atoms. The number of fused-ring (bicyclic) bond motifs is 1. The number of hydrogen-bond donors (Lipinski definition) is 3. The number of ether oxygens (including phenoxy) is 1. The maximum absolute atomic E-state index is 12.4. The number of nitrogens with one attached hydrogen (secondary N) is 2. The van der Waals surface area contributed by atoms with Gasteiger partial charge in [0.2, 0.25) is 0 Å². The van der Waals surface area contributed by atoms with E-state index in [2.05, 4.69) is 15.5 Å². The van der Waals surface area contributed by atoms with Crippen molar-refractivity contribution in [1.82, 2.24) is 14.6 Å². The van der Waals surface area contributed by atoms with E-state index in [0.29, 0.717) is 11.4 Å². The van der Waals surface area contributed by atoms with Gasteiger partial charge in [-0.25, -0.2) is 14.3 Å². The average molecular weight is 327 g/mol. The fourth-order valence-corrected chi connectivity index (χ4v) is 2.10. The van der Waals surface area contributed by atoms with Crippen molar-refractivity contribution < 1.29 is 14.3 Å². The van der Waals surface area contributed by atoms with Crippen LogP contribution in [0.25, 0.3) is 5.65 Å². The first kappa shape index (κ1) is 15.3. The maximum Gasteiger partial charge on any atom is 0.347 e.